The summed E-state index contributed by atoms with van der Waals surface area (Å²) in [6.45, 7) is 0.0453. The Labute approximate surface area is 114 Å². The van der Waals surface area contributed by atoms with Crippen molar-refractivity contribution in [1.29, 1.82) is 0 Å². The Morgan fingerprint density at radius 2 is 1.75 bits per heavy atom. The van der Waals surface area contributed by atoms with Crippen LogP contribution in [0.5, 0.6) is 5.75 Å². The second-order valence-corrected chi connectivity index (χ2v) is 4.42. The number of hydrogen-bond donors (Lipinski definition) is 2. The van der Waals surface area contributed by atoms with E-state index in [1.165, 1.54) is 9.08 Å². The van der Waals surface area contributed by atoms with E-state index < -0.39 is 0 Å². The highest BCUT2D eigenvalue weighted by molar-refractivity contribution is 5.65. The van der Waals surface area contributed by atoms with Crippen LogP contribution in [0.25, 0.3) is 16.8 Å². The number of aliphatic hydroxyl groups excluding tert-OH is 1. The first-order valence-electron chi connectivity index (χ1n) is 6.18. The quantitative estimate of drug-likeness (QED) is 0.740. The fourth-order valence-corrected chi connectivity index (χ4v) is 2.08. The minimum absolute atomic E-state index is 0.130. The van der Waals surface area contributed by atoms with Crippen molar-refractivity contribution in [2.75, 3.05) is 6.61 Å². The summed E-state index contributed by atoms with van der Waals surface area (Å²) in [5, 5.41) is 22.3. The summed E-state index contributed by atoms with van der Waals surface area (Å²) >= 11 is 0. The molecule has 3 aromatic rings. The van der Waals surface area contributed by atoms with Crippen LogP contribution in [0.2, 0.25) is 0 Å². The number of phenols is 1. The number of aliphatic hydroxyl groups is 1. The van der Waals surface area contributed by atoms with Gasteiger partial charge in [-0.15, -0.1) is 5.10 Å². The van der Waals surface area contributed by atoms with Crippen LogP contribution in [0.4, 0.5) is 0 Å². The predicted molar refractivity (Wildman–Crippen MR) is 73.6 cm³/mol. The lowest BCUT2D eigenvalue weighted by Crippen LogP contribution is -2.22. The van der Waals surface area contributed by atoms with Gasteiger partial charge in [0.05, 0.1) is 13.2 Å². The van der Waals surface area contributed by atoms with Crippen LogP contribution < -0.4 is 5.69 Å². The van der Waals surface area contributed by atoms with E-state index in [-0.39, 0.29) is 24.6 Å². The number of fused-ring (bicyclic) bond motifs is 1. The molecular weight excluding hydrogens is 258 g/mol. The Kier molecular flexibility index (Phi) is 3.00. The molecule has 102 valence electrons. The van der Waals surface area contributed by atoms with Gasteiger partial charge in [0.1, 0.15) is 5.75 Å². The maximum Gasteiger partial charge on any atom is 0.350 e. The number of rotatable bonds is 3. The summed E-state index contributed by atoms with van der Waals surface area (Å²) in [7, 11) is 0. The lowest BCUT2D eigenvalue weighted by molar-refractivity contribution is 0.267. The van der Waals surface area contributed by atoms with Gasteiger partial charge >= 0.3 is 5.69 Å². The maximum atomic E-state index is 12.1. The van der Waals surface area contributed by atoms with Crippen LogP contribution in [-0.4, -0.2) is 31.0 Å². The zero-order valence-electron chi connectivity index (χ0n) is 10.6. The van der Waals surface area contributed by atoms with Gasteiger partial charge in [-0.2, -0.15) is 0 Å². The van der Waals surface area contributed by atoms with Crippen molar-refractivity contribution in [3.05, 3.63) is 53.1 Å². The summed E-state index contributed by atoms with van der Waals surface area (Å²) in [6.07, 6.45) is 1.70. The first-order valence-corrected chi connectivity index (χ1v) is 6.18. The standard InChI is InChI=1S/C14H13N3O3/c18-8-7-17-14(20)16-9-11(3-6-13(16)15-17)10-1-4-12(19)5-2-10/h1-6,9,18-19H,7-8H2. The van der Waals surface area contributed by atoms with E-state index in [0.717, 1.165) is 11.1 Å². The molecule has 6 nitrogen and oxygen atoms in total. The summed E-state index contributed by atoms with van der Waals surface area (Å²) in [6, 6.07) is 10.4. The van der Waals surface area contributed by atoms with Crippen LogP contribution in [-0.2, 0) is 6.54 Å². The molecule has 0 atom stereocenters. The third-order valence-electron chi connectivity index (χ3n) is 3.09. The van der Waals surface area contributed by atoms with Crippen molar-refractivity contribution in [3.63, 3.8) is 0 Å². The predicted octanol–water partition coefficient (Wildman–Crippen LogP) is 0.861. The molecule has 0 bridgehead atoms. The molecule has 6 heteroatoms. The van der Waals surface area contributed by atoms with E-state index in [1.54, 1.807) is 36.5 Å². The number of aromatic nitrogens is 3. The highest BCUT2D eigenvalue weighted by Gasteiger charge is 2.07. The number of nitrogens with zero attached hydrogens (tertiary/aromatic N) is 3. The zero-order chi connectivity index (χ0) is 14.1. The Morgan fingerprint density at radius 3 is 2.45 bits per heavy atom. The molecule has 2 aromatic heterocycles. The average molecular weight is 271 g/mol. The second-order valence-electron chi connectivity index (χ2n) is 4.42. The van der Waals surface area contributed by atoms with Crippen molar-refractivity contribution in [2.45, 2.75) is 6.54 Å². The third kappa shape index (κ3) is 2.06. The molecule has 20 heavy (non-hydrogen) atoms. The van der Waals surface area contributed by atoms with E-state index in [0.29, 0.717) is 5.65 Å². The van der Waals surface area contributed by atoms with Crippen LogP contribution in [0.1, 0.15) is 0 Å². The van der Waals surface area contributed by atoms with Gasteiger partial charge < -0.3 is 10.2 Å². The van der Waals surface area contributed by atoms with Gasteiger partial charge in [-0.25, -0.2) is 13.9 Å². The molecule has 0 spiro atoms. The average Bonchev–Trinajstić information content (AvgIpc) is 2.77. The fraction of sp³-hybridized carbons (Fsp3) is 0.143. The first-order chi connectivity index (χ1) is 9.69. The Morgan fingerprint density at radius 1 is 1.05 bits per heavy atom. The summed E-state index contributed by atoms with van der Waals surface area (Å²) in [5.74, 6) is 0.197. The van der Waals surface area contributed by atoms with Crippen molar-refractivity contribution in [3.8, 4) is 16.9 Å². The molecule has 2 heterocycles. The lowest BCUT2D eigenvalue weighted by atomic mass is 10.1. The fourth-order valence-electron chi connectivity index (χ4n) is 2.08. The largest absolute Gasteiger partial charge is 0.508 e. The SMILES string of the molecule is O=c1n(CCO)nc2ccc(-c3ccc(O)cc3)cn12. The lowest BCUT2D eigenvalue weighted by Gasteiger charge is -2.02. The molecule has 0 aliphatic heterocycles. The molecule has 1 aromatic carbocycles. The monoisotopic (exact) mass is 271 g/mol. The van der Waals surface area contributed by atoms with Gasteiger partial charge in [-0.1, -0.05) is 12.1 Å². The van der Waals surface area contributed by atoms with E-state index in [9.17, 15) is 9.90 Å². The topological polar surface area (TPSA) is 79.8 Å². The van der Waals surface area contributed by atoms with Crippen molar-refractivity contribution in [2.24, 2.45) is 0 Å². The molecule has 0 aliphatic rings. The normalized spacial score (nSPS) is 11.1. The minimum Gasteiger partial charge on any atom is -0.508 e. The number of hydrogen-bond acceptors (Lipinski definition) is 4. The van der Waals surface area contributed by atoms with Crippen LogP contribution in [0, 0.1) is 0 Å². The summed E-state index contributed by atoms with van der Waals surface area (Å²) in [5.41, 5.74) is 2.00. The number of pyridine rings is 1. The Balaban J connectivity index is 2.12. The molecule has 0 radical (unpaired) electrons. The molecule has 0 amide bonds. The Bertz CT molecular complexity index is 803. The molecule has 0 saturated carbocycles. The molecule has 0 saturated heterocycles. The smallest absolute Gasteiger partial charge is 0.350 e. The summed E-state index contributed by atoms with van der Waals surface area (Å²) < 4.78 is 2.67. The molecule has 3 rings (SSSR count). The van der Waals surface area contributed by atoms with E-state index in [2.05, 4.69) is 5.10 Å². The highest BCUT2D eigenvalue weighted by Crippen LogP contribution is 2.21. The second kappa shape index (κ2) is 4.82. The van der Waals surface area contributed by atoms with Gasteiger partial charge in [0.25, 0.3) is 0 Å². The number of benzene rings is 1. The number of aromatic hydroxyl groups is 1. The molecule has 0 aliphatic carbocycles. The minimum atomic E-state index is -0.283. The van der Waals surface area contributed by atoms with Gasteiger partial charge in [0.15, 0.2) is 5.65 Å². The zero-order valence-corrected chi connectivity index (χ0v) is 10.6. The van der Waals surface area contributed by atoms with Gasteiger partial charge in [-0.05, 0) is 35.4 Å². The third-order valence-corrected chi connectivity index (χ3v) is 3.09. The van der Waals surface area contributed by atoms with Gasteiger partial charge in [0, 0.05) is 6.20 Å². The van der Waals surface area contributed by atoms with Crippen LogP contribution in [0.3, 0.4) is 0 Å². The van der Waals surface area contributed by atoms with Crippen molar-refractivity contribution < 1.29 is 10.2 Å². The van der Waals surface area contributed by atoms with Gasteiger partial charge in [-0.3, -0.25) is 0 Å². The van der Waals surface area contributed by atoms with Gasteiger partial charge in [0.2, 0.25) is 0 Å². The van der Waals surface area contributed by atoms with E-state index in [4.69, 9.17) is 5.11 Å². The molecule has 0 unspecified atom stereocenters. The van der Waals surface area contributed by atoms with Crippen LogP contribution in [0.15, 0.2) is 47.4 Å². The highest BCUT2D eigenvalue weighted by atomic mass is 16.3. The maximum absolute atomic E-state index is 12.1. The summed E-state index contributed by atoms with van der Waals surface area (Å²) in [4.78, 5) is 12.1. The molecular formula is C14H13N3O3. The first kappa shape index (κ1) is 12.4. The Hall–Kier alpha value is -2.60. The van der Waals surface area contributed by atoms with E-state index in [1.807, 2.05) is 6.07 Å². The van der Waals surface area contributed by atoms with Crippen molar-refractivity contribution in [1.82, 2.24) is 14.2 Å². The van der Waals surface area contributed by atoms with Crippen molar-refractivity contribution >= 4 is 5.65 Å². The molecule has 0 fully saturated rings. The van der Waals surface area contributed by atoms with E-state index >= 15 is 0 Å². The number of phenolic OH excluding ortho intramolecular Hbond substituents is 1. The van der Waals surface area contributed by atoms with Crippen LogP contribution >= 0.6 is 0 Å². The molecule has 2 N–H and O–H groups in total.